The third kappa shape index (κ3) is 2.05. The Morgan fingerprint density at radius 2 is 2.18 bits per heavy atom. The Hall–Kier alpha value is -0.330. The molecular formula is C10H18O. The molecule has 11 heavy (non-hydrogen) atoms. The molecule has 1 heteroatoms. The van der Waals surface area contributed by atoms with E-state index in [0.717, 1.165) is 12.8 Å². The Morgan fingerprint density at radius 3 is 2.64 bits per heavy atom. The third-order valence-electron chi connectivity index (χ3n) is 2.58. The lowest BCUT2D eigenvalue weighted by Crippen LogP contribution is -2.27. The SMILES string of the molecule is [2H]C1(C)CCC(C(C)C)C(=O)C1. The summed E-state index contributed by atoms with van der Waals surface area (Å²) in [7, 11) is 0. The number of hydrogen-bond acceptors (Lipinski definition) is 1. The van der Waals surface area contributed by atoms with Crippen molar-refractivity contribution >= 4 is 5.78 Å². The molecule has 1 aliphatic carbocycles. The van der Waals surface area contributed by atoms with Crippen LogP contribution in [0.3, 0.4) is 0 Å². The van der Waals surface area contributed by atoms with E-state index in [2.05, 4.69) is 13.8 Å². The van der Waals surface area contributed by atoms with Crippen LogP contribution in [0.25, 0.3) is 0 Å². The van der Waals surface area contributed by atoms with Gasteiger partial charge in [0, 0.05) is 13.7 Å². The first-order valence-corrected chi connectivity index (χ1v) is 4.45. The van der Waals surface area contributed by atoms with Gasteiger partial charge in [-0.2, -0.15) is 0 Å². The van der Waals surface area contributed by atoms with Crippen molar-refractivity contribution in [2.75, 3.05) is 0 Å². The summed E-state index contributed by atoms with van der Waals surface area (Å²) in [4.78, 5) is 11.5. The van der Waals surface area contributed by atoms with Crippen molar-refractivity contribution in [3.05, 3.63) is 0 Å². The maximum atomic E-state index is 11.5. The molecular weight excluding hydrogens is 136 g/mol. The minimum atomic E-state index is -0.484. The lowest BCUT2D eigenvalue weighted by molar-refractivity contribution is -0.127. The Balaban J connectivity index is 2.60. The van der Waals surface area contributed by atoms with Crippen LogP contribution in [0.2, 0.25) is 0 Å². The van der Waals surface area contributed by atoms with Crippen molar-refractivity contribution in [3.8, 4) is 0 Å². The van der Waals surface area contributed by atoms with Gasteiger partial charge < -0.3 is 0 Å². The lowest BCUT2D eigenvalue weighted by atomic mass is 9.77. The summed E-state index contributed by atoms with van der Waals surface area (Å²) >= 11 is 0. The minimum absolute atomic E-state index is 0.225. The molecule has 0 N–H and O–H groups in total. The van der Waals surface area contributed by atoms with E-state index in [0.29, 0.717) is 18.1 Å². The average molecular weight is 155 g/mol. The van der Waals surface area contributed by atoms with Crippen LogP contribution in [-0.2, 0) is 4.79 Å². The van der Waals surface area contributed by atoms with E-state index in [1.165, 1.54) is 0 Å². The van der Waals surface area contributed by atoms with Crippen LogP contribution >= 0.6 is 0 Å². The van der Waals surface area contributed by atoms with Gasteiger partial charge in [0.25, 0.3) is 0 Å². The van der Waals surface area contributed by atoms with Gasteiger partial charge in [0.05, 0.1) is 0 Å². The van der Waals surface area contributed by atoms with Crippen molar-refractivity contribution < 1.29 is 6.17 Å². The second-order valence-electron chi connectivity index (χ2n) is 3.99. The first kappa shape index (κ1) is 7.33. The zero-order chi connectivity index (χ0) is 9.35. The largest absolute Gasteiger partial charge is 0.299 e. The second-order valence-corrected chi connectivity index (χ2v) is 3.99. The molecule has 0 aromatic heterocycles. The Kier molecular flexibility index (Phi) is 2.25. The lowest BCUT2D eigenvalue weighted by Gasteiger charge is -2.27. The van der Waals surface area contributed by atoms with E-state index in [-0.39, 0.29) is 5.92 Å². The molecule has 0 aromatic rings. The quantitative estimate of drug-likeness (QED) is 0.569. The third-order valence-corrected chi connectivity index (χ3v) is 2.58. The van der Waals surface area contributed by atoms with Crippen molar-refractivity contribution in [2.24, 2.45) is 17.7 Å². The first-order chi connectivity index (χ1) is 5.42. The van der Waals surface area contributed by atoms with Crippen LogP contribution in [-0.4, -0.2) is 5.78 Å². The van der Waals surface area contributed by atoms with Crippen molar-refractivity contribution in [3.63, 3.8) is 0 Å². The molecule has 1 nitrogen and oxygen atoms in total. The van der Waals surface area contributed by atoms with Crippen molar-refractivity contribution in [2.45, 2.75) is 40.0 Å². The van der Waals surface area contributed by atoms with Crippen LogP contribution in [0.15, 0.2) is 0 Å². The summed E-state index contributed by atoms with van der Waals surface area (Å²) in [5.41, 5.74) is 0. The predicted molar refractivity (Wildman–Crippen MR) is 46.4 cm³/mol. The smallest absolute Gasteiger partial charge is 0.136 e. The van der Waals surface area contributed by atoms with Gasteiger partial charge in [-0.1, -0.05) is 20.8 Å². The molecule has 1 saturated carbocycles. The first-order valence-electron chi connectivity index (χ1n) is 4.95. The van der Waals surface area contributed by atoms with Gasteiger partial charge in [-0.15, -0.1) is 0 Å². The van der Waals surface area contributed by atoms with Crippen molar-refractivity contribution in [1.82, 2.24) is 0 Å². The van der Waals surface area contributed by atoms with Gasteiger partial charge in [-0.05, 0) is 24.7 Å². The monoisotopic (exact) mass is 155 g/mol. The molecule has 0 bridgehead atoms. The molecule has 64 valence electrons. The summed E-state index contributed by atoms with van der Waals surface area (Å²) < 4.78 is 7.77. The summed E-state index contributed by atoms with van der Waals surface area (Å²) in [5.74, 6) is 0.494. The number of rotatable bonds is 1. The highest BCUT2D eigenvalue weighted by Gasteiger charge is 2.27. The Morgan fingerprint density at radius 1 is 1.55 bits per heavy atom. The van der Waals surface area contributed by atoms with Crippen molar-refractivity contribution in [1.29, 1.82) is 0 Å². The number of ketones is 1. The molecule has 0 aromatic carbocycles. The van der Waals surface area contributed by atoms with Gasteiger partial charge in [0.2, 0.25) is 0 Å². The average Bonchev–Trinajstić information content (AvgIpc) is 1.83. The Bertz CT molecular complexity index is 184. The van der Waals surface area contributed by atoms with Gasteiger partial charge in [-0.25, -0.2) is 0 Å². The van der Waals surface area contributed by atoms with Crippen LogP contribution in [0.5, 0.6) is 0 Å². The Labute approximate surface area is 70.6 Å². The molecule has 1 rings (SSSR count). The highest BCUT2D eigenvalue weighted by atomic mass is 16.1. The fourth-order valence-corrected chi connectivity index (χ4v) is 1.78. The van der Waals surface area contributed by atoms with E-state index >= 15 is 0 Å². The molecule has 0 heterocycles. The highest BCUT2D eigenvalue weighted by molar-refractivity contribution is 5.82. The highest BCUT2D eigenvalue weighted by Crippen LogP contribution is 2.29. The summed E-state index contributed by atoms with van der Waals surface area (Å²) in [5, 5.41) is 0. The molecule has 0 radical (unpaired) electrons. The van der Waals surface area contributed by atoms with Crippen LogP contribution in [0.4, 0.5) is 0 Å². The molecule has 0 amide bonds. The molecule has 0 aliphatic heterocycles. The number of Topliss-reactive ketones (excluding diaryl/α,β-unsaturated/α-hetero) is 1. The molecule has 0 saturated heterocycles. The molecule has 2 atom stereocenters. The van der Waals surface area contributed by atoms with Crippen LogP contribution < -0.4 is 0 Å². The normalized spacial score (nSPS) is 40.9. The molecule has 1 aliphatic rings. The molecule has 0 spiro atoms. The van der Waals surface area contributed by atoms with E-state index < -0.39 is 5.89 Å². The molecule has 2 unspecified atom stereocenters. The van der Waals surface area contributed by atoms with Gasteiger partial charge in [0.15, 0.2) is 0 Å². The van der Waals surface area contributed by atoms with Gasteiger partial charge >= 0.3 is 0 Å². The molecule has 1 fully saturated rings. The van der Waals surface area contributed by atoms with E-state index in [1.54, 1.807) is 0 Å². The summed E-state index contributed by atoms with van der Waals surface area (Å²) in [6.07, 6.45) is 2.24. The zero-order valence-corrected chi connectivity index (χ0v) is 7.68. The fraction of sp³-hybridized carbons (Fsp3) is 0.900. The number of carbonyl (C=O) groups is 1. The van der Waals surface area contributed by atoms with E-state index in [4.69, 9.17) is 1.37 Å². The second kappa shape index (κ2) is 3.38. The topological polar surface area (TPSA) is 17.1 Å². The summed E-state index contributed by atoms with van der Waals surface area (Å²) in [6.45, 7) is 6.05. The number of carbonyl (C=O) groups excluding carboxylic acids is 1. The zero-order valence-electron chi connectivity index (χ0n) is 8.68. The van der Waals surface area contributed by atoms with E-state index in [9.17, 15) is 4.79 Å². The maximum absolute atomic E-state index is 11.5. The van der Waals surface area contributed by atoms with Crippen LogP contribution in [0.1, 0.15) is 41.4 Å². The summed E-state index contributed by atoms with van der Waals surface area (Å²) in [6, 6.07) is 0. The van der Waals surface area contributed by atoms with Crippen LogP contribution in [0, 0.1) is 17.7 Å². The van der Waals surface area contributed by atoms with Gasteiger partial charge in [-0.3, -0.25) is 4.79 Å². The number of hydrogen-bond donors (Lipinski definition) is 0. The standard InChI is InChI=1S/C10H18O/c1-7(2)9-5-4-8(3)6-10(9)11/h7-9H,4-6H2,1-3H3/i8D. The maximum Gasteiger partial charge on any atom is 0.136 e. The fourth-order valence-electron chi connectivity index (χ4n) is 1.78. The van der Waals surface area contributed by atoms with Gasteiger partial charge in [0.1, 0.15) is 5.78 Å². The van der Waals surface area contributed by atoms with E-state index in [1.807, 2.05) is 6.92 Å². The minimum Gasteiger partial charge on any atom is -0.299 e. The predicted octanol–water partition coefficient (Wildman–Crippen LogP) is 2.65.